The fraction of sp³-hybridized carbons (Fsp3) is 1.00. The van der Waals surface area contributed by atoms with Crippen molar-refractivity contribution >= 4 is 0 Å². The molecule has 1 N–H and O–H groups in total. The second-order valence-electron chi connectivity index (χ2n) is 5.90. The third kappa shape index (κ3) is 5.28. The summed E-state index contributed by atoms with van der Waals surface area (Å²) in [6, 6.07) is 0.447. The van der Waals surface area contributed by atoms with Gasteiger partial charge in [-0.3, -0.25) is 0 Å². The summed E-state index contributed by atoms with van der Waals surface area (Å²) < 4.78 is 11.2. The van der Waals surface area contributed by atoms with Crippen molar-refractivity contribution in [1.29, 1.82) is 0 Å². The van der Waals surface area contributed by atoms with E-state index < -0.39 is 0 Å². The van der Waals surface area contributed by atoms with Crippen LogP contribution in [-0.2, 0) is 9.47 Å². The van der Waals surface area contributed by atoms with Gasteiger partial charge in [-0.25, -0.2) is 0 Å². The molecule has 0 aromatic carbocycles. The van der Waals surface area contributed by atoms with Gasteiger partial charge in [-0.15, -0.1) is 0 Å². The maximum absolute atomic E-state index is 5.76. The molecule has 1 rings (SSSR count). The van der Waals surface area contributed by atoms with Crippen molar-refractivity contribution < 1.29 is 9.47 Å². The second kappa shape index (κ2) is 6.58. The zero-order valence-corrected chi connectivity index (χ0v) is 11.2. The highest BCUT2D eigenvalue weighted by Gasteiger charge is 2.24. The van der Waals surface area contributed by atoms with Crippen molar-refractivity contribution in [2.45, 2.75) is 39.7 Å². The Morgan fingerprint density at radius 1 is 1.44 bits per heavy atom. The van der Waals surface area contributed by atoms with Crippen LogP contribution in [-0.4, -0.2) is 39.5 Å². The van der Waals surface area contributed by atoms with Crippen LogP contribution in [0.3, 0.4) is 0 Å². The third-order valence-corrected chi connectivity index (χ3v) is 3.20. The Labute approximate surface area is 99.9 Å². The number of ether oxygens (including phenoxy) is 2. The average Bonchev–Trinajstić information content (AvgIpc) is 2.69. The highest BCUT2D eigenvalue weighted by molar-refractivity contribution is 4.78. The third-order valence-electron chi connectivity index (χ3n) is 3.20. The van der Waals surface area contributed by atoms with Crippen LogP contribution in [0.2, 0.25) is 0 Å². The molecule has 3 nitrogen and oxygen atoms in total. The predicted molar refractivity (Wildman–Crippen MR) is 66.7 cm³/mol. The monoisotopic (exact) mass is 229 g/mol. The first kappa shape index (κ1) is 13.9. The van der Waals surface area contributed by atoms with E-state index in [-0.39, 0.29) is 0 Å². The van der Waals surface area contributed by atoms with E-state index in [2.05, 4.69) is 26.1 Å². The van der Waals surface area contributed by atoms with Crippen molar-refractivity contribution in [3.8, 4) is 0 Å². The van der Waals surface area contributed by atoms with Crippen molar-refractivity contribution in [1.82, 2.24) is 5.32 Å². The summed E-state index contributed by atoms with van der Waals surface area (Å²) in [6.07, 6.45) is 2.28. The van der Waals surface area contributed by atoms with Crippen LogP contribution in [0.4, 0.5) is 0 Å². The Morgan fingerprint density at radius 2 is 2.19 bits per heavy atom. The molecule has 1 aliphatic heterocycles. The minimum atomic E-state index is 0.367. The Morgan fingerprint density at radius 3 is 2.69 bits per heavy atom. The Balaban J connectivity index is 2.14. The first-order valence-corrected chi connectivity index (χ1v) is 6.36. The summed E-state index contributed by atoms with van der Waals surface area (Å²) in [5.74, 6) is 0.625. The van der Waals surface area contributed by atoms with Gasteiger partial charge in [-0.1, -0.05) is 20.8 Å². The number of hydrogen-bond acceptors (Lipinski definition) is 3. The summed E-state index contributed by atoms with van der Waals surface area (Å²) >= 11 is 0. The van der Waals surface area contributed by atoms with Crippen LogP contribution in [0, 0.1) is 11.3 Å². The lowest BCUT2D eigenvalue weighted by molar-refractivity contribution is 0.0735. The normalized spacial score (nSPS) is 23.6. The summed E-state index contributed by atoms with van der Waals surface area (Å²) in [4.78, 5) is 0. The number of rotatable bonds is 6. The van der Waals surface area contributed by atoms with Gasteiger partial charge in [0.15, 0.2) is 0 Å². The predicted octanol–water partition coefficient (Wildman–Crippen LogP) is 2.06. The zero-order chi connectivity index (χ0) is 12.0. The first-order chi connectivity index (χ1) is 7.53. The van der Waals surface area contributed by atoms with Gasteiger partial charge in [0, 0.05) is 25.2 Å². The molecule has 0 bridgehead atoms. The molecule has 1 heterocycles. The molecule has 3 heteroatoms. The molecule has 1 fully saturated rings. The van der Waals surface area contributed by atoms with Gasteiger partial charge in [0.05, 0.1) is 13.2 Å². The molecule has 0 aromatic heterocycles. The van der Waals surface area contributed by atoms with E-state index in [9.17, 15) is 0 Å². The molecular weight excluding hydrogens is 202 g/mol. The molecular formula is C13H27NO2. The molecule has 2 atom stereocenters. The van der Waals surface area contributed by atoms with Crippen LogP contribution in [0.1, 0.15) is 33.6 Å². The van der Waals surface area contributed by atoms with E-state index in [0.717, 1.165) is 39.3 Å². The van der Waals surface area contributed by atoms with Crippen molar-refractivity contribution in [2.75, 3.05) is 33.5 Å². The second-order valence-corrected chi connectivity index (χ2v) is 5.90. The van der Waals surface area contributed by atoms with Gasteiger partial charge in [-0.2, -0.15) is 0 Å². The molecule has 1 aliphatic rings. The molecule has 0 radical (unpaired) electrons. The van der Waals surface area contributed by atoms with Crippen LogP contribution < -0.4 is 5.32 Å². The van der Waals surface area contributed by atoms with E-state index in [1.807, 2.05) is 7.05 Å². The Hall–Kier alpha value is -0.120. The number of hydrogen-bond donors (Lipinski definition) is 1. The molecule has 0 saturated carbocycles. The number of likely N-dealkylation sites (N-methyl/N-ethyl adjacent to an activating group) is 1. The molecule has 0 aliphatic carbocycles. The molecule has 0 amide bonds. The molecule has 96 valence electrons. The largest absolute Gasteiger partial charge is 0.381 e. The lowest BCUT2D eigenvalue weighted by Crippen LogP contribution is -2.38. The minimum Gasteiger partial charge on any atom is -0.381 e. The smallest absolute Gasteiger partial charge is 0.0623 e. The van der Waals surface area contributed by atoms with Crippen molar-refractivity contribution in [2.24, 2.45) is 11.3 Å². The summed E-state index contributed by atoms with van der Waals surface area (Å²) in [6.45, 7) is 10.2. The van der Waals surface area contributed by atoms with E-state index in [0.29, 0.717) is 17.4 Å². The topological polar surface area (TPSA) is 30.5 Å². The molecule has 2 unspecified atom stereocenters. The fourth-order valence-corrected chi connectivity index (χ4v) is 1.91. The van der Waals surface area contributed by atoms with E-state index >= 15 is 0 Å². The van der Waals surface area contributed by atoms with Gasteiger partial charge in [-0.05, 0) is 25.3 Å². The van der Waals surface area contributed by atoms with E-state index in [4.69, 9.17) is 9.47 Å². The molecule has 0 spiro atoms. The summed E-state index contributed by atoms with van der Waals surface area (Å²) in [7, 11) is 2.01. The minimum absolute atomic E-state index is 0.367. The van der Waals surface area contributed by atoms with E-state index in [1.165, 1.54) is 0 Å². The van der Waals surface area contributed by atoms with Crippen LogP contribution in [0.25, 0.3) is 0 Å². The zero-order valence-electron chi connectivity index (χ0n) is 11.2. The van der Waals surface area contributed by atoms with Crippen LogP contribution in [0.5, 0.6) is 0 Å². The quantitative estimate of drug-likeness (QED) is 0.707. The number of nitrogens with one attached hydrogen (secondary N) is 1. The van der Waals surface area contributed by atoms with Gasteiger partial charge < -0.3 is 14.8 Å². The maximum atomic E-state index is 5.76. The van der Waals surface area contributed by atoms with Crippen LogP contribution >= 0.6 is 0 Å². The highest BCUT2D eigenvalue weighted by Crippen LogP contribution is 2.19. The lowest BCUT2D eigenvalue weighted by atomic mass is 9.93. The van der Waals surface area contributed by atoms with Crippen LogP contribution in [0.15, 0.2) is 0 Å². The lowest BCUT2D eigenvalue weighted by Gasteiger charge is -2.23. The van der Waals surface area contributed by atoms with Gasteiger partial charge in [0.2, 0.25) is 0 Å². The molecule has 0 aromatic rings. The fourth-order valence-electron chi connectivity index (χ4n) is 1.91. The standard InChI is InChI=1S/C13H27NO2/c1-13(2,3)6-8-16-10-12(14-4)11-5-7-15-9-11/h11-12,14H,5-10H2,1-4H3. The summed E-state index contributed by atoms with van der Waals surface area (Å²) in [5.41, 5.74) is 0.367. The van der Waals surface area contributed by atoms with Crippen molar-refractivity contribution in [3.63, 3.8) is 0 Å². The molecule has 1 saturated heterocycles. The average molecular weight is 229 g/mol. The Kier molecular flexibility index (Phi) is 5.73. The Bertz CT molecular complexity index is 183. The highest BCUT2D eigenvalue weighted by atomic mass is 16.5. The SMILES string of the molecule is CNC(COCCC(C)(C)C)C1CCOC1. The maximum Gasteiger partial charge on any atom is 0.0623 e. The summed E-state index contributed by atoms with van der Waals surface area (Å²) in [5, 5.41) is 3.34. The van der Waals surface area contributed by atoms with Gasteiger partial charge in [0.25, 0.3) is 0 Å². The van der Waals surface area contributed by atoms with Gasteiger partial charge in [0.1, 0.15) is 0 Å². The first-order valence-electron chi connectivity index (χ1n) is 6.36. The van der Waals surface area contributed by atoms with Gasteiger partial charge >= 0.3 is 0 Å². The molecule has 16 heavy (non-hydrogen) atoms. The van der Waals surface area contributed by atoms with Crippen molar-refractivity contribution in [3.05, 3.63) is 0 Å². The van der Waals surface area contributed by atoms with E-state index in [1.54, 1.807) is 0 Å².